The molecule has 9 heteroatoms. The summed E-state index contributed by atoms with van der Waals surface area (Å²) in [6.45, 7) is 3.74. The van der Waals surface area contributed by atoms with Gasteiger partial charge in [0.1, 0.15) is 6.04 Å². The van der Waals surface area contributed by atoms with Gasteiger partial charge >= 0.3 is 5.97 Å². The van der Waals surface area contributed by atoms with E-state index in [1.165, 1.54) is 35.8 Å². The lowest BCUT2D eigenvalue weighted by molar-refractivity contribution is -0.139. The Morgan fingerprint density at radius 2 is 2.16 bits per heavy atom. The van der Waals surface area contributed by atoms with E-state index in [1.807, 2.05) is 17.5 Å². The zero-order chi connectivity index (χ0) is 22.1. The van der Waals surface area contributed by atoms with Gasteiger partial charge in [0.2, 0.25) is 0 Å². The van der Waals surface area contributed by atoms with Crippen molar-refractivity contribution in [3.63, 3.8) is 0 Å². The van der Waals surface area contributed by atoms with Crippen molar-refractivity contribution in [2.75, 3.05) is 13.7 Å². The largest absolute Gasteiger partial charge is 0.504 e. The van der Waals surface area contributed by atoms with E-state index in [9.17, 15) is 14.7 Å². The molecule has 0 amide bonds. The average Bonchev–Trinajstić information content (AvgIpc) is 3.37. The molecule has 7 nitrogen and oxygen atoms in total. The molecule has 2 aromatic heterocycles. The molecule has 4 rings (SSSR count). The van der Waals surface area contributed by atoms with Crippen LogP contribution in [0.25, 0.3) is 6.08 Å². The van der Waals surface area contributed by atoms with Gasteiger partial charge in [-0.05, 0) is 49.1 Å². The molecule has 160 valence electrons. The van der Waals surface area contributed by atoms with Crippen LogP contribution in [0.5, 0.6) is 11.5 Å². The molecule has 3 heterocycles. The van der Waals surface area contributed by atoms with Gasteiger partial charge in [-0.2, -0.15) is 0 Å². The zero-order valence-electron chi connectivity index (χ0n) is 17.1. The first-order chi connectivity index (χ1) is 14.9. The zero-order valence-corrected chi connectivity index (χ0v) is 18.8. The van der Waals surface area contributed by atoms with Gasteiger partial charge in [0.05, 0.1) is 29.5 Å². The summed E-state index contributed by atoms with van der Waals surface area (Å²) in [5.74, 6) is -0.133. The fourth-order valence-electron chi connectivity index (χ4n) is 3.44. The highest BCUT2D eigenvalue weighted by Crippen LogP contribution is 2.33. The Morgan fingerprint density at radius 1 is 1.35 bits per heavy atom. The lowest BCUT2D eigenvalue weighted by Gasteiger charge is -2.23. The topological polar surface area (TPSA) is 90.1 Å². The minimum Gasteiger partial charge on any atom is -0.504 e. The normalized spacial score (nSPS) is 16.1. The minimum absolute atomic E-state index is 0.0218. The molecule has 1 N–H and O–H groups in total. The van der Waals surface area contributed by atoms with Crippen LogP contribution in [0.15, 0.2) is 56.8 Å². The Bertz CT molecular complexity index is 1350. The number of fused-ring (bicyclic) bond motifs is 1. The lowest BCUT2D eigenvalue weighted by atomic mass is 10.0. The number of phenolic OH excluding ortho intramolecular Hbond substituents is 1. The smallest absolute Gasteiger partial charge is 0.338 e. The molecule has 31 heavy (non-hydrogen) atoms. The number of allylic oxidation sites excluding steroid dienone is 1. The molecular weight excluding hydrogens is 436 g/mol. The molecule has 0 unspecified atom stereocenters. The second-order valence-corrected chi connectivity index (χ2v) is 8.74. The number of carbonyl (C=O) groups excluding carboxylic acids is 1. The number of thiophene rings is 1. The van der Waals surface area contributed by atoms with Crippen LogP contribution in [0.2, 0.25) is 0 Å². The van der Waals surface area contributed by atoms with Crippen LogP contribution < -0.4 is 19.6 Å². The maximum Gasteiger partial charge on any atom is 0.338 e. The fourth-order valence-corrected chi connectivity index (χ4v) is 5.31. The summed E-state index contributed by atoms with van der Waals surface area (Å²) in [4.78, 5) is 32.1. The van der Waals surface area contributed by atoms with Gasteiger partial charge in [0.15, 0.2) is 16.3 Å². The number of thiazole rings is 1. The van der Waals surface area contributed by atoms with Crippen LogP contribution in [0.1, 0.15) is 30.3 Å². The summed E-state index contributed by atoms with van der Waals surface area (Å²) in [5.41, 5.74) is 1.36. The monoisotopic (exact) mass is 456 g/mol. The number of esters is 1. The molecule has 1 aliphatic heterocycles. The van der Waals surface area contributed by atoms with Crippen molar-refractivity contribution in [2.45, 2.75) is 19.9 Å². The van der Waals surface area contributed by atoms with Gasteiger partial charge in [-0.25, -0.2) is 9.79 Å². The van der Waals surface area contributed by atoms with Gasteiger partial charge < -0.3 is 14.6 Å². The molecule has 0 bridgehead atoms. The van der Waals surface area contributed by atoms with E-state index >= 15 is 0 Å². The number of carbonyl (C=O) groups is 1. The van der Waals surface area contributed by atoms with Gasteiger partial charge in [0, 0.05) is 4.88 Å². The highest BCUT2D eigenvalue weighted by atomic mass is 32.1. The Hall–Kier alpha value is -3.17. The molecule has 1 aromatic carbocycles. The quantitative estimate of drug-likeness (QED) is 0.596. The summed E-state index contributed by atoms with van der Waals surface area (Å²) in [7, 11) is 1.47. The van der Waals surface area contributed by atoms with Crippen LogP contribution in [-0.2, 0) is 9.53 Å². The van der Waals surface area contributed by atoms with E-state index in [0.717, 1.165) is 4.88 Å². The van der Waals surface area contributed by atoms with Gasteiger partial charge in [-0.15, -0.1) is 11.3 Å². The van der Waals surface area contributed by atoms with E-state index in [2.05, 4.69) is 4.99 Å². The number of hydrogen-bond acceptors (Lipinski definition) is 8. The standard InChI is InChI=1S/C22H20N2O5S2/c1-4-29-21(27)18-12(2)23-22-24(19(18)16-6-5-9-30-16)20(26)17(31-22)11-13-7-8-14(25)15(10-13)28-3/h5-11,19,25H,4H2,1-3H3/b17-11+/t19-/m0/s1. The molecule has 0 saturated carbocycles. The summed E-state index contributed by atoms with van der Waals surface area (Å²) in [6, 6.07) is 8.05. The highest BCUT2D eigenvalue weighted by Gasteiger charge is 2.33. The van der Waals surface area contributed by atoms with E-state index in [4.69, 9.17) is 9.47 Å². The predicted octanol–water partition coefficient (Wildman–Crippen LogP) is 2.57. The number of aromatic hydroxyl groups is 1. The number of ether oxygens (including phenoxy) is 2. The van der Waals surface area contributed by atoms with Crippen molar-refractivity contribution in [3.8, 4) is 11.5 Å². The third kappa shape index (κ3) is 3.82. The van der Waals surface area contributed by atoms with Crippen molar-refractivity contribution in [3.05, 3.63) is 77.1 Å². The molecule has 0 aliphatic carbocycles. The van der Waals surface area contributed by atoms with E-state index < -0.39 is 12.0 Å². The molecule has 1 atom stereocenters. The Balaban J connectivity index is 1.92. The van der Waals surface area contributed by atoms with Crippen LogP contribution in [-0.4, -0.2) is 29.4 Å². The Morgan fingerprint density at radius 3 is 2.84 bits per heavy atom. The Kier molecular flexibility index (Phi) is 5.79. The van der Waals surface area contributed by atoms with E-state index in [0.29, 0.717) is 31.9 Å². The van der Waals surface area contributed by atoms with E-state index in [-0.39, 0.29) is 17.9 Å². The summed E-state index contributed by atoms with van der Waals surface area (Å²) >= 11 is 2.72. The number of phenols is 1. The Labute approximate surface area is 185 Å². The highest BCUT2D eigenvalue weighted by molar-refractivity contribution is 7.10. The number of hydrogen-bond donors (Lipinski definition) is 1. The van der Waals surface area contributed by atoms with Crippen molar-refractivity contribution < 1.29 is 19.4 Å². The first-order valence-electron chi connectivity index (χ1n) is 9.54. The van der Waals surface area contributed by atoms with Crippen LogP contribution in [0.3, 0.4) is 0 Å². The van der Waals surface area contributed by atoms with Crippen molar-refractivity contribution >= 4 is 34.7 Å². The predicted molar refractivity (Wildman–Crippen MR) is 119 cm³/mol. The second-order valence-electron chi connectivity index (χ2n) is 6.75. The number of nitrogens with zero attached hydrogens (tertiary/aromatic N) is 2. The third-order valence-electron chi connectivity index (χ3n) is 4.83. The molecule has 1 aliphatic rings. The summed E-state index contributed by atoms with van der Waals surface area (Å²) in [6.07, 6.45) is 1.72. The molecule has 0 spiro atoms. The minimum atomic E-state index is -0.591. The SMILES string of the molecule is CCOC(=O)C1=C(C)N=c2s/c(=C/c3ccc(O)c(OC)c3)c(=O)n2[C@H]1c1cccs1. The lowest BCUT2D eigenvalue weighted by Crippen LogP contribution is -2.39. The second kappa shape index (κ2) is 8.52. The van der Waals surface area contributed by atoms with Crippen molar-refractivity contribution in [2.24, 2.45) is 4.99 Å². The molecule has 0 fully saturated rings. The maximum atomic E-state index is 13.4. The first kappa shape index (κ1) is 21.1. The van der Waals surface area contributed by atoms with Crippen LogP contribution in [0, 0.1) is 0 Å². The molecule has 0 radical (unpaired) electrons. The number of rotatable bonds is 5. The number of aromatic nitrogens is 1. The molecular formula is C22H20N2O5S2. The van der Waals surface area contributed by atoms with Crippen molar-refractivity contribution in [1.29, 1.82) is 0 Å². The van der Waals surface area contributed by atoms with Crippen molar-refractivity contribution in [1.82, 2.24) is 4.57 Å². The van der Waals surface area contributed by atoms with Gasteiger partial charge in [0.25, 0.3) is 5.56 Å². The fraction of sp³-hybridized carbons (Fsp3) is 0.227. The average molecular weight is 457 g/mol. The van der Waals surface area contributed by atoms with Gasteiger partial charge in [-0.1, -0.05) is 23.5 Å². The van der Waals surface area contributed by atoms with E-state index in [1.54, 1.807) is 36.6 Å². The van der Waals surface area contributed by atoms with Crippen LogP contribution >= 0.6 is 22.7 Å². The summed E-state index contributed by atoms with van der Waals surface area (Å²) < 4.78 is 12.4. The molecule has 0 saturated heterocycles. The molecule has 3 aromatic rings. The first-order valence-corrected chi connectivity index (χ1v) is 11.2. The van der Waals surface area contributed by atoms with Crippen LogP contribution in [0.4, 0.5) is 0 Å². The maximum absolute atomic E-state index is 13.4. The third-order valence-corrected chi connectivity index (χ3v) is 6.74. The summed E-state index contributed by atoms with van der Waals surface area (Å²) in [5, 5.41) is 11.7. The van der Waals surface area contributed by atoms with Gasteiger partial charge in [-0.3, -0.25) is 9.36 Å². The number of methoxy groups -OCH3 is 1. The number of benzene rings is 1.